The predicted molar refractivity (Wildman–Crippen MR) is 152 cm³/mol. The number of nitrogens with zero attached hydrogens (tertiary/aromatic N) is 4. The van der Waals surface area contributed by atoms with Gasteiger partial charge in [-0.1, -0.05) is 60.7 Å². The van der Waals surface area contributed by atoms with Crippen molar-refractivity contribution in [2.75, 3.05) is 28.2 Å². The first-order chi connectivity index (χ1) is 18.3. The molecular weight excluding hydrogens is 528 g/mol. The second-order valence-corrected chi connectivity index (χ2v) is 8.05. The lowest BCUT2D eigenvalue weighted by Gasteiger charge is -2.04. The molecule has 0 heterocycles. The fourth-order valence-corrected chi connectivity index (χ4v) is 2.12. The maximum atomic E-state index is 11.4. The molecule has 0 saturated carbocycles. The Morgan fingerprint density at radius 3 is 1.51 bits per heavy atom. The third-order valence-electron chi connectivity index (χ3n) is 4.03. The molecule has 15 heteroatoms. The van der Waals surface area contributed by atoms with Gasteiger partial charge < -0.3 is 26.7 Å². The lowest BCUT2D eigenvalue weighted by atomic mass is 10.2. The third kappa shape index (κ3) is 19.0. The Bertz CT molecular complexity index is 1160. The van der Waals surface area contributed by atoms with Crippen LogP contribution in [-0.2, 0) is 22.7 Å². The van der Waals surface area contributed by atoms with Crippen LogP contribution in [0.5, 0.6) is 0 Å². The molecule has 0 atom stereocenters. The third-order valence-corrected chi connectivity index (χ3v) is 4.14. The van der Waals surface area contributed by atoms with Crippen molar-refractivity contribution in [2.24, 2.45) is 38.7 Å². The zero-order chi connectivity index (χ0) is 29.8. The van der Waals surface area contributed by atoms with Crippen LogP contribution in [0.4, 0.5) is 9.59 Å². The molecule has 0 aromatic heterocycles. The van der Waals surface area contributed by atoms with E-state index in [1.54, 1.807) is 37.3 Å². The van der Waals surface area contributed by atoms with Crippen LogP contribution in [0.2, 0.25) is 0 Å². The lowest BCUT2D eigenvalue weighted by molar-refractivity contribution is -0.466. The lowest BCUT2D eigenvalue weighted by Crippen LogP contribution is -2.39. The highest BCUT2D eigenvalue weighted by Crippen LogP contribution is 2.02. The van der Waals surface area contributed by atoms with Gasteiger partial charge in [-0.3, -0.25) is 20.6 Å². The van der Waals surface area contributed by atoms with Crippen LogP contribution in [0, 0.1) is 0 Å². The number of carbonyl (C=O) groups is 2. The van der Waals surface area contributed by atoms with Crippen LogP contribution in [0.25, 0.3) is 0 Å². The predicted octanol–water partition coefficient (Wildman–Crippen LogP) is 0.223. The molecule has 0 bridgehead atoms. The molecule has 0 saturated heterocycles. The van der Waals surface area contributed by atoms with E-state index in [0.717, 1.165) is 11.1 Å². The van der Waals surface area contributed by atoms with Crippen molar-refractivity contribution >= 4 is 47.0 Å². The van der Waals surface area contributed by atoms with Crippen molar-refractivity contribution in [1.29, 1.82) is 0 Å². The molecule has 0 spiro atoms. The minimum absolute atomic E-state index is 0.0267. The SMILES string of the molecule is C[N+](C)=C(N)/N=C(\N)NC(=O)OCc1ccccc1.C[N+](C)=C(N)N=C(N)N.O=C(Cl)OCc1ccccc1. The summed E-state index contributed by atoms with van der Waals surface area (Å²) >= 11 is 4.97. The second kappa shape index (κ2) is 19.3. The van der Waals surface area contributed by atoms with E-state index in [-0.39, 0.29) is 31.1 Å². The fraction of sp³-hybridized carbons (Fsp3) is 0.250. The number of guanidine groups is 4. The molecule has 14 nitrogen and oxygen atoms in total. The molecule has 2 rings (SSSR count). The minimum atomic E-state index is -0.770. The van der Waals surface area contributed by atoms with E-state index >= 15 is 0 Å². The van der Waals surface area contributed by atoms with Gasteiger partial charge in [-0.15, -0.1) is 0 Å². The molecule has 0 aliphatic carbocycles. The molecule has 0 fully saturated rings. The maximum absolute atomic E-state index is 11.4. The maximum Gasteiger partial charge on any atom is 0.415 e. The molecule has 11 N–H and O–H groups in total. The van der Waals surface area contributed by atoms with Crippen LogP contribution >= 0.6 is 11.6 Å². The molecule has 0 aliphatic rings. The number of nitrogens with one attached hydrogen (secondary N) is 1. The number of nitrogens with two attached hydrogens (primary N) is 5. The number of aliphatic imine (C=N–C) groups is 2. The zero-order valence-electron chi connectivity index (χ0n) is 22.4. The van der Waals surface area contributed by atoms with E-state index in [2.05, 4.69) is 20.0 Å². The number of hydrogen-bond donors (Lipinski definition) is 6. The van der Waals surface area contributed by atoms with Gasteiger partial charge in [0.25, 0.3) is 11.9 Å². The molecule has 0 aliphatic heterocycles. The van der Waals surface area contributed by atoms with Crippen LogP contribution in [0.3, 0.4) is 0 Å². The Hall–Kier alpha value is -4.85. The highest BCUT2D eigenvalue weighted by Gasteiger charge is 2.09. The van der Waals surface area contributed by atoms with Crippen LogP contribution in [0.1, 0.15) is 11.1 Å². The summed E-state index contributed by atoms with van der Waals surface area (Å²) in [7, 11) is 6.92. The van der Waals surface area contributed by atoms with Crippen molar-refractivity contribution < 1.29 is 28.2 Å². The number of rotatable bonds is 4. The molecular formula is C24H37ClN10O4+2. The number of alkyl carbamates (subject to hydrolysis) is 1. The first kappa shape index (κ1) is 34.1. The molecule has 0 radical (unpaired) electrons. The van der Waals surface area contributed by atoms with Gasteiger partial charge in [-0.2, -0.15) is 0 Å². The van der Waals surface area contributed by atoms with Gasteiger partial charge in [0.2, 0.25) is 0 Å². The fourth-order valence-electron chi connectivity index (χ4n) is 2.06. The van der Waals surface area contributed by atoms with Crippen LogP contribution < -0.4 is 34.0 Å². The normalized spacial score (nSPS) is 9.72. The Morgan fingerprint density at radius 1 is 0.744 bits per heavy atom. The largest absolute Gasteiger partial charge is 0.449 e. The van der Waals surface area contributed by atoms with Crippen molar-refractivity contribution in [3.63, 3.8) is 0 Å². The van der Waals surface area contributed by atoms with Gasteiger partial charge in [0.1, 0.15) is 13.2 Å². The molecule has 2 aromatic carbocycles. The average molecular weight is 565 g/mol. The first-order valence-corrected chi connectivity index (χ1v) is 11.6. The van der Waals surface area contributed by atoms with Gasteiger partial charge in [0.15, 0.2) is 0 Å². The summed E-state index contributed by atoms with van der Waals surface area (Å²) < 4.78 is 12.7. The smallest absolute Gasteiger partial charge is 0.415 e. The van der Waals surface area contributed by atoms with Gasteiger partial charge >= 0.3 is 23.4 Å². The summed E-state index contributed by atoms with van der Waals surface area (Å²) in [5.41, 5.74) is 27.5. The summed E-state index contributed by atoms with van der Waals surface area (Å²) in [6, 6.07) is 18.7. The quantitative estimate of drug-likeness (QED) is 0.129. The van der Waals surface area contributed by atoms with Gasteiger partial charge in [0.05, 0.1) is 28.2 Å². The Kier molecular flexibility index (Phi) is 16.9. The van der Waals surface area contributed by atoms with Crippen molar-refractivity contribution in [3.8, 4) is 0 Å². The van der Waals surface area contributed by atoms with E-state index in [1.807, 2.05) is 60.7 Å². The van der Waals surface area contributed by atoms with Crippen LogP contribution in [0.15, 0.2) is 70.6 Å². The van der Waals surface area contributed by atoms with Gasteiger partial charge in [-0.05, 0) is 21.1 Å². The van der Waals surface area contributed by atoms with E-state index < -0.39 is 11.5 Å². The van der Waals surface area contributed by atoms with Crippen molar-refractivity contribution in [2.45, 2.75) is 13.2 Å². The molecule has 0 unspecified atom stereocenters. The number of ether oxygens (including phenoxy) is 2. The monoisotopic (exact) mass is 564 g/mol. The van der Waals surface area contributed by atoms with E-state index in [0.29, 0.717) is 5.96 Å². The topological polar surface area (TPSA) is 225 Å². The number of hydrogen-bond acceptors (Lipinski definition) is 4. The highest BCUT2D eigenvalue weighted by atomic mass is 35.5. The Balaban J connectivity index is 0.000000612. The van der Waals surface area contributed by atoms with E-state index in [1.165, 1.54) is 0 Å². The first-order valence-electron chi connectivity index (χ1n) is 11.2. The van der Waals surface area contributed by atoms with Crippen molar-refractivity contribution in [3.05, 3.63) is 71.8 Å². The van der Waals surface area contributed by atoms with E-state index in [4.69, 9.17) is 45.0 Å². The number of amides is 1. The molecule has 2 aromatic rings. The molecule has 212 valence electrons. The summed E-state index contributed by atoms with van der Waals surface area (Å²) in [6.45, 7) is 0.399. The average Bonchev–Trinajstić information content (AvgIpc) is 2.87. The second-order valence-electron chi connectivity index (χ2n) is 7.74. The molecule has 39 heavy (non-hydrogen) atoms. The summed E-state index contributed by atoms with van der Waals surface area (Å²) in [5.74, 6) is 0.335. The number of carbonyl (C=O) groups excluding carboxylic acids is 2. The van der Waals surface area contributed by atoms with Gasteiger partial charge in [0, 0.05) is 11.6 Å². The standard InChI is InChI=1S/C12H17N5O2.C8H7ClO2.C4H11N5/c1-17(2)11(14)15-10(13)16-12(18)19-8-9-6-4-3-5-7-9;9-8(10)11-6-7-4-2-1-3-5-7;1-9(2)4(7)8-3(5)6/h3-7H,8H2,1-2H3,(H4,13,14,15,16,18);1-5H,6H2;1-2H3,(H5,5,6,7,8)/p+2. The number of benzene rings is 2. The summed E-state index contributed by atoms with van der Waals surface area (Å²) in [4.78, 5) is 28.9. The number of halogens is 1. The van der Waals surface area contributed by atoms with Crippen molar-refractivity contribution in [1.82, 2.24) is 5.32 Å². The van der Waals surface area contributed by atoms with Gasteiger partial charge in [-0.25, -0.2) is 14.9 Å². The minimum Gasteiger partial charge on any atom is -0.449 e. The molecule has 1 amide bonds. The Morgan fingerprint density at radius 2 is 1.15 bits per heavy atom. The van der Waals surface area contributed by atoms with Crippen LogP contribution in [-0.4, -0.2) is 72.7 Å². The Labute approximate surface area is 232 Å². The summed E-state index contributed by atoms with van der Waals surface area (Å²) in [5, 5.41) is 2.28. The zero-order valence-corrected chi connectivity index (χ0v) is 23.1. The summed E-state index contributed by atoms with van der Waals surface area (Å²) in [6.07, 6.45) is -0.684. The highest BCUT2D eigenvalue weighted by molar-refractivity contribution is 6.61. The van der Waals surface area contributed by atoms with E-state index in [9.17, 15) is 9.59 Å².